The van der Waals surface area contributed by atoms with E-state index in [9.17, 15) is 18.0 Å². The van der Waals surface area contributed by atoms with E-state index in [2.05, 4.69) is 5.32 Å². The number of amides is 1. The lowest BCUT2D eigenvalue weighted by molar-refractivity contribution is -0.120. The van der Waals surface area contributed by atoms with Gasteiger partial charge in [-0.3, -0.25) is 14.3 Å². The van der Waals surface area contributed by atoms with Crippen LogP contribution in [-0.4, -0.2) is 41.1 Å². The number of anilines is 1. The third-order valence-electron chi connectivity index (χ3n) is 6.21. The summed E-state index contributed by atoms with van der Waals surface area (Å²) in [4.78, 5) is 26.0. The number of carbonyl (C=O) groups is 1. The number of nitrogens with one attached hydrogen (secondary N) is 1. The van der Waals surface area contributed by atoms with Gasteiger partial charge in [-0.15, -0.1) is 0 Å². The molecule has 1 fully saturated rings. The first-order chi connectivity index (χ1) is 15.8. The van der Waals surface area contributed by atoms with Gasteiger partial charge in [0.25, 0.3) is 5.56 Å². The van der Waals surface area contributed by atoms with Crippen molar-refractivity contribution in [2.24, 2.45) is 13.0 Å². The zero-order valence-corrected chi connectivity index (χ0v) is 19.6. The minimum atomic E-state index is -3.45. The van der Waals surface area contributed by atoms with E-state index >= 15 is 0 Å². The zero-order chi connectivity index (χ0) is 23.6. The van der Waals surface area contributed by atoms with Gasteiger partial charge in [0.1, 0.15) is 5.69 Å². The Morgan fingerprint density at radius 2 is 1.58 bits per heavy atom. The van der Waals surface area contributed by atoms with Crippen LogP contribution in [0.5, 0.6) is 0 Å². The topological polar surface area (TPSA) is 93.4 Å². The quantitative estimate of drug-likeness (QED) is 0.602. The van der Waals surface area contributed by atoms with Gasteiger partial charge < -0.3 is 5.32 Å². The van der Waals surface area contributed by atoms with Gasteiger partial charge in [0.05, 0.1) is 17.1 Å². The molecule has 1 N–H and O–H groups in total. The predicted molar refractivity (Wildman–Crippen MR) is 128 cm³/mol. The molecule has 0 aliphatic carbocycles. The van der Waals surface area contributed by atoms with Crippen molar-refractivity contribution in [2.45, 2.75) is 25.5 Å². The van der Waals surface area contributed by atoms with Crippen LogP contribution < -0.4 is 10.9 Å². The van der Waals surface area contributed by atoms with Crippen LogP contribution in [0.3, 0.4) is 0 Å². The highest BCUT2D eigenvalue weighted by atomic mass is 32.2. The van der Waals surface area contributed by atoms with Gasteiger partial charge in [-0.25, -0.2) is 17.4 Å². The molecule has 0 atom stereocenters. The molecule has 1 aromatic heterocycles. The van der Waals surface area contributed by atoms with Gasteiger partial charge in [0.15, 0.2) is 0 Å². The Bertz CT molecular complexity index is 1290. The molecule has 33 heavy (non-hydrogen) atoms. The molecule has 174 valence electrons. The van der Waals surface area contributed by atoms with E-state index in [1.54, 1.807) is 30.8 Å². The van der Waals surface area contributed by atoms with E-state index in [-0.39, 0.29) is 41.9 Å². The van der Waals surface area contributed by atoms with Gasteiger partial charge in [0, 0.05) is 26.1 Å². The number of piperidine rings is 1. The summed E-state index contributed by atoms with van der Waals surface area (Å²) < 4.78 is 30.2. The minimum absolute atomic E-state index is 0.0487. The summed E-state index contributed by atoms with van der Waals surface area (Å²) in [6.45, 7) is 2.36. The molecule has 1 saturated heterocycles. The molecule has 0 saturated carbocycles. The highest BCUT2D eigenvalue weighted by Gasteiger charge is 2.32. The first-order valence-corrected chi connectivity index (χ1v) is 12.6. The van der Waals surface area contributed by atoms with E-state index in [1.807, 2.05) is 48.5 Å². The molecule has 4 rings (SSSR count). The first kappa shape index (κ1) is 23.0. The van der Waals surface area contributed by atoms with Crippen LogP contribution in [0, 0.1) is 12.8 Å². The summed E-state index contributed by atoms with van der Waals surface area (Å²) in [5, 5.41) is 2.81. The summed E-state index contributed by atoms with van der Waals surface area (Å²) in [6, 6.07) is 18.3. The first-order valence-electron chi connectivity index (χ1n) is 10.9. The summed E-state index contributed by atoms with van der Waals surface area (Å²) in [6.07, 6.45) is 0.831. The lowest BCUT2D eigenvalue weighted by Gasteiger charge is -2.30. The second-order valence-electron chi connectivity index (χ2n) is 8.34. The van der Waals surface area contributed by atoms with E-state index in [0.717, 1.165) is 5.56 Å². The van der Waals surface area contributed by atoms with Crippen LogP contribution in [0.25, 0.3) is 5.69 Å². The Labute approximate surface area is 193 Å². The number of sulfonamides is 1. The minimum Gasteiger partial charge on any atom is -0.320 e. The fraction of sp³-hybridized carbons (Fsp3) is 0.333. The Morgan fingerprint density at radius 1 is 1.00 bits per heavy atom. The smallest absolute Gasteiger partial charge is 0.295 e. The number of hydrogen-bond donors (Lipinski definition) is 1. The fourth-order valence-corrected chi connectivity index (χ4v) is 5.77. The molecule has 8 nitrogen and oxygen atoms in total. The van der Waals surface area contributed by atoms with Gasteiger partial charge in [-0.2, -0.15) is 0 Å². The Hall–Kier alpha value is -3.17. The zero-order valence-electron chi connectivity index (χ0n) is 18.8. The van der Waals surface area contributed by atoms with Crippen LogP contribution in [0.15, 0.2) is 65.5 Å². The largest absolute Gasteiger partial charge is 0.320 e. The van der Waals surface area contributed by atoms with Gasteiger partial charge in [-0.05, 0) is 37.5 Å². The number of carbonyl (C=O) groups excluding carboxylic acids is 1. The standard InChI is InChI=1S/C24H28N4O4S/c1-18-22(24(30)28(26(18)2)21-11-7-4-8-12-21)25-23(29)20-13-15-27(16-14-20)33(31,32)17-19-9-5-3-6-10-19/h3-12,20H,13-17H2,1-2H3,(H,25,29). The van der Waals surface area contributed by atoms with Crippen LogP contribution in [0.4, 0.5) is 5.69 Å². The number of aromatic nitrogens is 2. The number of benzene rings is 2. The molecule has 0 bridgehead atoms. The van der Waals surface area contributed by atoms with Crippen molar-refractivity contribution in [1.82, 2.24) is 13.7 Å². The van der Waals surface area contributed by atoms with Gasteiger partial charge >= 0.3 is 0 Å². The maximum Gasteiger partial charge on any atom is 0.295 e. The summed E-state index contributed by atoms with van der Waals surface area (Å²) in [5.74, 6) is -0.647. The highest BCUT2D eigenvalue weighted by molar-refractivity contribution is 7.88. The van der Waals surface area contributed by atoms with Crippen molar-refractivity contribution in [2.75, 3.05) is 18.4 Å². The third kappa shape index (κ3) is 4.79. The molecule has 2 heterocycles. The van der Waals surface area contributed by atoms with Crippen molar-refractivity contribution in [1.29, 1.82) is 0 Å². The predicted octanol–water partition coefficient (Wildman–Crippen LogP) is 2.66. The van der Waals surface area contributed by atoms with E-state index in [1.165, 1.54) is 8.99 Å². The van der Waals surface area contributed by atoms with Crippen LogP contribution in [0.1, 0.15) is 24.1 Å². The lowest BCUT2D eigenvalue weighted by Crippen LogP contribution is -2.42. The SMILES string of the molecule is Cc1c(NC(=O)C2CCN(S(=O)(=O)Cc3ccccc3)CC2)c(=O)n(-c2ccccc2)n1C. The van der Waals surface area contributed by atoms with Gasteiger partial charge in [-0.1, -0.05) is 48.5 Å². The molecular weight excluding hydrogens is 440 g/mol. The monoisotopic (exact) mass is 468 g/mol. The molecule has 0 radical (unpaired) electrons. The number of nitrogens with zero attached hydrogens (tertiary/aromatic N) is 3. The Morgan fingerprint density at radius 3 is 2.18 bits per heavy atom. The van der Waals surface area contributed by atoms with Crippen molar-refractivity contribution in [3.63, 3.8) is 0 Å². The van der Waals surface area contributed by atoms with Crippen molar-refractivity contribution in [3.8, 4) is 5.69 Å². The van der Waals surface area contributed by atoms with Crippen molar-refractivity contribution < 1.29 is 13.2 Å². The maximum absolute atomic E-state index is 13.0. The molecule has 1 aliphatic rings. The average Bonchev–Trinajstić information content (AvgIpc) is 3.03. The number of rotatable bonds is 6. The van der Waals surface area contributed by atoms with Gasteiger partial charge in [0.2, 0.25) is 15.9 Å². The third-order valence-corrected chi connectivity index (χ3v) is 8.06. The fourth-order valence-electron chi connectivity index (χ4n) is 4.21. The number of hydrogen-bond acceptors (Lipinski definition) is 4. The summed E-state index contributed by atoms with van der Waals surface area (Å²) in [7, 11) is -1.67. The molecule has 3 aromatic rings. The number of para-hydroxylation sites is 1. The second kappa shape index (κ2) is 9.36. The maximum atomic E-state index is 13.0. The van der Waals surface area contributed by atoms with Crippen molar-refractivity contribution in [3.05, 3.63) is 82.3 Å². The van der Waals surface area contributed by atoms with Crippen LogP contribution in [0.2, 0.25) is 0 Å². The normalized spacial score (nSPS) is 15.5. The molecule has 9 heteroatoms. The van der Waals surface area contributed by atoms with E-state index in [0.29, 0.717) is 24.2 Å². The van der Waals surface area contributed by atoms with Crippen LogP contribution in [-0.2, 0) is 27.6 Å². The molecule has 1 aliphatic heterocycles. The molecule has 0 unspecified atom stereocenters. The molecular formula is C24H28N4O4S. The molecule has 1 amide bonds. The van der Waals surface area contributed by atoms with E-state index in [4.69, 9.17) is 0 Å². The van der Waals surface area contributed by atoms with Crippen LogP contribution >= 0.6 is 0 Å². The summed E-state index contributed by atoms with van der Waals surface area (Å²) >= 11 is 0. The lowest BCUT2D eigenvalue weighted by atomic mass is 9.97. The highest BCUT2D eigenvalue weighted by Crippen LogP contribution is 2.23. The average molecular weight is 469 g/mol. The van der Waals surface area contributed by atoms with E-state index < -0.39 is 10.0 Å². The molecule has 0 spiro atoms. The Balaban J connectivity index is 1.43. The summed E-state index contributed by atoms with van der Waals surface area (Å²) in [5.41, 5.74) is 2.07. The van der Waals surface area contributed by atoms with Crippen molar-refractivity contribution >= 4 is 21.6 Å². The Kier molecular flexibility index (Phi) is 6.53. The second-order valence-corrected chi connectivity index (χ2v) is 10.3. The molecule has 2 aromatic carbocycles.